The van der Waals surface area contributed by atoms with E-state index in [1.807, 2.05) is 5.38 Å². The van der Waals surface area contributed by atoms with Crippen LogP contribution >= 0.6 is 11.3 Å². The summed E-state index contributed by atoms with van der Waals surface area (Å²) in [5, 5.41) is 7.76. The van der Waals surface area contributed by atoms with Crippen molar-refractivity contribution in [3.05, 3.63) is 59.4 Å². The first-order chi connectivity index (χ1) is 14.6. The van der Waals surface area contributed by atoms with Crippen LogP contribution in [0.4, 0.5) is 10.1 Å². The first-order valence-electron chi connectivity index (χ1n) is 9.28. The van der Waals surface area contributed by atoms with Gasteiger partial charge < -0.3 is 20.1 Å². The number of amides is 2. The molecular weight excluding hydrogens is 409 g/mol. The fourth-order valence-electron chi connectivity index (χ4n) is 2.84. The summed E-state index contributed by atoms with van der Waals surface area (Å²) < 4.78 is 23.9. The Morgan fingerprint density at radius 1 is 1.03 bits per heavy atom. The number of nitrogens with one attached hydrogen (secondary N) is 2. The van der Waals surface area contributed by atoms with Crippen LogP contribution in [0.25, 0.3) is 10.6 Å². The Labute approximate surface area is 175 Å². The quantitative estimate of drug-likeness (QED) is 0.611. The van der Waals surface area contributed by atoms with Gasteiger partial charge in [-0.2, -0.15) is 0 Å². The van der Waals surface area contributed by atoms with E-state index in [9.17, 15) is 14.0 Å². The molecule has 0 atom stereocenters. The molecule has 0 spiro atoms. The zero-order valence-corrected chi connectivity index (χ0v) is 16.6. The van der Waals surface area contributed by atoms with E-state index >= 15 is 0 Å². The first-order valence-corrected chi connectivity index (χ1v) is 10.2. The largest absolute Gasteiger partial charge is 0.486 e. The van der Waals surface area contributed by atoms with Gasteiger partial charge in [-0.15, -0.1) is 11.3 Å². The molecule has 0 saturated heterocycles. The third kappa shape index (κ3) is 4.74. The summed E-state index contributed by atoms with van der Waals surface area (Å²) in [6.07, 6.45) is 0.473. The lowest BCUT2D eigenvalue weighted by Gasteiger charge is -2.18. The fraction of sp³-hybridized carbons (Fsp3) is 0.190. The van der Waals surface area contributed by atoms with Gasteiger partial charge in [0.05, 0.1) is 5.69 Å². The van der Waals surface area contributed by atoms with Gasteiger partial charge in [-0.1, -0.05) is 0 Å². The molecule has 30 heavy (non-hydrogen) atoms. The normalized spacial score (nSPS) is 12.3. The number of rotatable bonds is 5. The molecule has 7 nitrogen and oxygen atoms in total. The van der Waals surface area contributed by atoms with E-state index < -0.39 is 11.8 Å². The maximum atomic E-state index is 13.0. The molecule has 0 saturated carbocycles. The molecule has 3 aromatic rings. The Kier molecular flexibility index (Phi) is 5.89. The Balaban J connectivity index is 1.26. The molecule has 1 aliphatic heterocycles. The lowest BCUT2D eigenvalue weighted by molar-refractivity contribution is -0.136. The van der Waals surface area contributed by atoms with Crippen LogP contribution in [0, 0.1) is 5.82 Å². The standard InChI is InChI=1S/C21H18FN3O4S/c22-14-3-1-13(2-4-14)21-25-16(12-30-21)7-8-23-19(26)20(27)24-15-5-6-17-18(11-15)29-10-9-28-17/h1-6,11-12H,7-10H2,(H,23,26)(H,24,27). The van der Waals surface area contributed by atoms with Crippen LogP contribution in [-0.2, 0) is 16.0 Å². The number of thiazole rings is 1. The third-order valence-electron chi connectivity index (χ3n) is 4.32. The second-order valence-corrected chi connectivity index (χ2v) is 7.33. The summed E-state index contributed by atoms with van der Waals surface area (Å²) in [6.45, 7) is 1.18. The smallest absolute Gasteiger partial charge is 0.313 e. The second-order valence-electron chi connectivity index (χ2n) is 6.47. The third-order valence-corrected chi connectivity index (χ3v) is 5.26. The molecule has 0 aliphatic carbocycles. The number of carbonyl (C=O) groups excluding carboxylic acids is 2. The van der Waals surface area contributed by atoms with Crippen molar-refractivity contribution in [2.24, 2.45) is 0 Å². The number of halogens is 1. The second kappa shape index (κ2) is 8.91. The number of nitrogens with zero attached hydrogens (tertiary/aromatic N) is 1. The van der Waals surface area contributed by atoms with Crippen molar-refractivity contribution in [2.45, 2.75) is 6.42 Å². The average Bonchev–Trinajstić information content (AvgIpc) is 3.23. The molecule has 1 aliphatic rings. The van der Waals surface area contributed by atoms with Crippen LogP contribution in [0.5, 0.6) is 11.5 Å². The van der Waals surface area contributed by atoms with Crippen molar-refractivity contribution in [1.29, 1.82) is 0 Å². The molecule has 2 aromatic carbocycles. The van der Waals surface area contributed by atoms with Crippen LogP contribution in [-0.4, -0.2) is 36.6 Å². The Morgan fingerprint density at radius 3 is 2.60 bits per heavy atom. The van der Waals surface area contributed by atoms with Crippen LogP contribution in [0.2, 0.25) is 0 Å². The molecule has 9 heteroatoms. The van der Waals surface area contributed by atoms with Crippen LogP contribution in [0.3, 0.4) is 0 Å². The van der Waals surface area contributed by atoms with E-state index in [0.29, 0.717) is 36.8 Å². The van der Waals surface area contributed by atoms with Crippen molar-refractivity contribution in [2.75, 3.05) is 25.1 Å². The summed E-state index contributed by atoms with van der Waals surface area (Å²) in [5.41, 5.74) is 2.06. The van der Waals surface area contributed by atoms with Gasteiger partial charge in [-0.3, -0.25) is 9.59 Å². The van der Waals surface area contributed by atoms with Gasteiger partial charge in [-0.25, -0.2) is 9.37 Å². The van der Waals surface area contributed by atoms with E-state index in [1.54, 1.807) is 30.3 Å². The van der Waals surface area contributed by atoms with E-state index in [0.717, 1.165) is 16.3 Å². The number of ether oxygens (including phenoxy) is 2. The minimum Gasteiger partial charge on any atom is -0.486 e. The maximum Gasteiger partial charge on any atom is 0.313 e. The molecule has 1 aromatic heterocycles. The molecule has 2 heterocycles. The number of hydrogen-bond donors (Lipinski definition) is 2. The molecular formula is C21H18FN3O4S. The molecule has 0 fully saturated rings. The minimum absolute atomic E-state index is 0.264. The highest BCUT2D eigenvalue weighted by Crippen LogP contribution is 2.32. The highest BCUT2D eigenvalue weighted by molar-refractivity contribution is 7.13. The van der Waals surface area contributed by atoms with E-state index in [4.69, 9.17) is 9.47 Å². The minimum atomic E-state index is -0.767. The molecule has 154 valence electrons. The van der Waals surface area contributed by atoms with Gasteiger partial charge >= 0.3 is 11.8 Å². The zero-order valence-electron chi connectivity index (χ0n) is 15.8. The van der Waals surface area contributed by atoms with Gasteiger partial charge in [0.1, 0.15) is 24.0 Å². The van der Waals surface area contributed by atoms with Gasteiger partial charge in [0, 0.05) is 35.7 Å². The van der Waals surface area contributed by atoms with Gasteiger partial charge in [0.2, 0.25) is 0 Å². The summed E-state index contributed by atoms with van der Waals surface area (Å²) >= 11 is 1.44. The lowest BCUT2D eigenvalue weighted by Crippen LogP contribution is -2.36. The Bertz CT molecular complexity index is 1070. The summed E-state index contributed by atoms with van der Waals surface area (Å²) in [4.78, 5) is 28.6. The topological polar surface area (TPSA) is 89.6 Å². The number of benzene rings is 2. The van der Waals surface area contributed by atoms with Gasteiger partial charge in [0.15, 0.2) is 11.5 Å². The van der Waals surface area contributed by atoms with Crippen molar-refractivity contribution in [1.82, 2.24) is 10.3 Å². The highest BCUT2D eigenvalue weighted by atomic mass is 32.1. The number of aromatic nitrogens is 1. The molecule has 2 N–H and O–H groups in total. The first kappa shape index (κ1) is 19.8. The van der Waals surface area contributed by atoms with Crippen molar-refractivity contribution in [3.63, 3.8) is 0 Å². The predicted molar refractivity (Wildman–Crippen MR) is 110 cm³/mol. The van der Waals surface area contributed by atoms with Crippen LogP contribution < -0.4 is 20.1 Å². The van der Waals surface area contributed by atoms with Crippen molar-refractivity contribution >= 4 is 28.8 Å². The monoisotopic (exact) mass is 427 g/mol. The van der Waals surface area contributed by atoms with E-state index in [-0.39, 0.29) is 12.4 Å². The molecule has 0 unspecified atom stereocenters. The highest BCUT2D eigenvalue weighted by Gasteiger charge is 2.16. The summed E-state index contributed by atoms with van der Waals surface area (Å²) in [5.74, 6) is -0.671. The van der Waals surface area contributed by atoms with E-state index in [1.165, 1.54) is 23.5 Å². The summed E-state index contributed by atoms with van der Waals surface area (Å²) in [6, 6.07) is 11.1. The molecule has 0 radical (unpaired) electrons. The summed E-state index contributed by atoms with van der Waals surface area (Å²) in [7, 11) is 0. The maximum absolute atomic E-state index is 13.0. The average molecular weight is 427 g/mol. The SMILES string of the molecule is O=C(NCCc1csc(-c2ccc(F)cc2)n1)C(=O)Nc1ccc2c(c1)OCCO2. The lowest BCUT2D eigenvalue weighted by atomic mass is 10.2. The van der Waals surface area contributed by atoms with Gasteiger partial charge in [-0.05, 0) is 36.4 Å². The van der Waals surface area contributed by atoms with E-state index in [2.05, 4.69) is 15.6 Å². The fourth-order valence-corrected chi connectivity index (χ4v) is 3.70. The number of anilines is 1. The molecule has 2 amide bonds. The van der Waals surface area contributed by atoms with Crippen molar-refractivity contribution in [3.8, 4) is 22.1 Å². The number of fused-ring (bicyclic) bond motifs is 1. The zero-order chi connectivity index (χ0) is 20.9. The number of hydrogen-bond acceptors (Lipinski definition) is 6. The number of carbonyl (C=O) groups is 2. The van der Waals surface area contributed by atoms with Crippen LogP contribution in [0.1, 0.15) is 5.69 Å². The molecule has 0 bridgehead atoms. The predicted octanol–water partition coefficient (Wildman–Crippen LogP) is 3.02. The van der Waals surface area contributed by atoms with Crippen molar-refractivity contribution < 1.29 is 23.5 Å². The van der Waals surface area contributed by atoms with Crippen LogP contribution in [0.15, 0.2) is 47.8 Å². The Morgan fingerprint density at radius 2 is 1.80 bits per heavy atom. The molecule has 4 rings (SSSR count). The van der Waals surface area contributed by atoms with Gasteiger partial charge in [0.25, 0.3) is 0 Å². The Hall–Kier alpha value is -3.46.